The van der Waals surface area contributed by atoms with Crippen LogP contribution in [-0.4, -0.2) is 41.8 Å². The van der Waals surface area contributed by atoms with E-state index in [0.29, 0.717) is 25.8 Å². The second kappa shape index (κ2) is 7.17. The molecule has 1 aliphatic rings. The van der Waals surface area contributed by atoms with Gasteiger partial charge in [0.05, 0.1) is 19.8 Å². The fraction of sp³-hybridized carbons (Fsp3) is 0.800. The van der Waals surface area contributed by atoms with Crippen molar-refractivity contribution in [3.63, 3.8) is 0 Å². The Bertz CT molecular complexity index is 385. The molecule has 1 aliphatic heterocycles. The molecule has 0 aromatic carbocycles. The number of hydrogen-bond acceptors (Lipinski definition) is 5. The quantitative estimate of drug-likeness (QED) is 0.447. The van der Waals surface area contributed by atoms with Crippen molar-refractivity contribution in [2.75, 3.05) is 20.3 Å². The first kappa shape index (κ1) is 15.5. The fourth-order valence-electron chi connectivity index (χ4n) is 1.84. The molecule has 1 fully saturated rings. The summed E-state index contributed by atoms with van der Waals surface area (Å²) < 4.78 is 11.5. The van der Waals surface area contributed by atoms with Crippen molar-refractivity contribution in [1.29, 1.82) is 5.26 Å². The number of methoxy groups -OCH3 is 1. The SMILES string of the molecule is COC(=O)C1CCCN1P(O)(=S)OCCCC#N. The molecule has 1 heterocycles. The van der Waals surface area contributed by atoms with E-state index in [-0.39, 0.29) is 6.61 Å². The summed E-state index contributed by atoms with van der Waals surface area (Å²) in [7, 11) is 1.31. The zero-order valence-electron chi connectivity index (χ0n) is 10.2. The van der Waals surface area contributed by atoms with Crippen LogP contribution in [0.15, 0.2) is 0 Å². The Labute approximate surface area is 112 Å². The molecule has 0 spiro atoms. The Morgan fingerprint density at radius 2 is 2.44 bits per heavy atom. The maximum atomic E-state index is 11.5. The molecular weight excluding hydrogens is 275 g/mol. The minimum atomic E-state index is -3.15. The summed E-state index contributed by atoms with van der Waals surface area (Å²) in [6, 6.07) is 1.48. The number of unbranched alkanes of at least 4 members (excludes halogenated alkanes) is 1. The van der Waals surface area contributed by atoms with Gasteiger partial charge in [-0.1, -0.05) is 0 Å². The van der Waals surface area contributed by atoms with Crippen LogP contribution in [0, 0.1) is 11.3 Å². The molecule has 0 aromatic rings. The molecule has 1 rings (SSSR count). The minimum absolute atomic E-state index is 0.228. The summed E-state index contributed by atoms with van der Waals surface area (Å²) in [5.41, 5.74) is 0. The topological polar surface area (TPSA) is 82.8 Å². The lowest BCUT2D eigenvalue weighted by Gasteiger charge is -2.29. The summed E-state index contributed by atoms with van der Waals surface area (Å²) in [5.74, 6) is -0.392. The third-order valence-corrected chi connectivity index (χ3v) is 5.31. The minimum Gasteiger partial charge on any atom is -0.468 e. The molecule has 1 N–H and O–H groups in total. The van der Waals surface area contributed by atoms with E-state index >= 15 is 0 Å². The van der Waals surface area contributed by atoms with Gasteiger partial charge >= 0.3 is 5.97 Å². The van der Waals surface area contributed by atoms with Crippen LogP contribution in [0.1, 0.15) is 25.7 Å². The average Bonchev–Trinajstić information content (AvgIpc) is 2.83. The summed E-state index contributed by atoms with van der Waals surface area (Å²) in [6.45, 7) is -2.39. The van der Waals surface area contributed by atoms with E-state index in [1.165, 1.54) is 11.8 Å². The van der Waals surface area contributed by atoms with Gasteiger partial charge in [0.2, 0.25) is 0 Å². The van der Waals surface area contributed by atoms with Crippen LogP contribution in [-0.2, 0) is 25.9 Å². The van der Waals surface area contributed by atoms with Gasteiger partial charge in [0.15, 0.2) is 0 Å². The molecule has 0 bridgehead atoms. The standard InChI is InChI=1S/C10H17N2O4PS/c1-15-10(13)9-5-4-7-12(9)17(14,18)16-8-3-2-6-11/h9H,2-5,7-8H2,1H3,(H,14,18). The van der Waals surface area contributed by atoms with Crippen molar-refractivity contribution >= 4 is 24.4 Å². The van der Waals surface area contributed by atoms with Crippen LogP contribution >= 0.6 is 6.64 Å². The van der Waals surface area contributed by atoms with Crippen molar-refractivity contribution in [3.8, 4) is 6.07 Å². The molecule has 18 heavy (non-hydrogen) atoms. The second-order valence-electron chi connectivity index (χ2n) is 3.93. The zero-order chi connectivity index (χ0) is 13.6. The number of esters is 1. The first-order chi connectivity index (χ1) is 8.53. The monoisotopic (exact) mass is 292 g/mol. The second-order valence-corrected chi connectivity index (χ2v) is 7.11. The van der Waals surface area contributed by atoms with Crippen LogP contribution in [0.4, 0.5) is 0 Å². The Balaban J connectivity index is 2.57. The third-order valence-electron chi connectivity index (χ3n) is 2.71. The molecule has 2 unspecified atom stereocenters. The number of ether oxygens (including phenoxy) is 1. The highest BCUT2D eigenvalue weighted by atomic mass is 32.5. The number of carbonyl (C=O) groups excluding carboxylic acids is 1. The molecule has 0 radical (unpaired) electrons. The van der Waals surface area contributed by atoms with E-state index in [0.717, 1.165) is 6.42 Å². The molecule has 2 atom stereocenters. The Morgan fingerprint density at radius 3 is 3.06 bits per heavy atom. The van der Waals surface area contributed by atoms with Gasteiger partial charge in [0, 0.05) is 13.0 Å². The molecule has 6 nitrogen and oxygen atoms in total. The van der Waals surface area contributed by atoms with Crippen molar-refractivity contribution in [2.45, 2.75) is 31.7 Å². The van der Waals surface area contributed by atoms with E-state index < -0.39 is 18.7 Å². The lowest BCUT2D eigenvalue weighted by atomic mass is 10.2. The summed E-state index contributed by atoms with van der Waals surface area (Å²) in [4.78, 5) is 21.7. The normalized spacial score (nSPS) is 23.3. The van der Waals surface area contributed by atoms with E-state index in [1.54, 1.807) is 0 Å². The van der Waals surface area contributed by atoms with Crippen molar-refractivity contribution in [1.82, 2.24) is 4.67 Å². The first-order valence-electron chi connectivity index (χ1n) is 5.72. The van der Waals surface area contributed by atoms with Crippen LogP contribution in [0.25, 0.3) is 0 Å². The molecule has 0 aliphatic carbocycles. The molecule has 0 aromatic heterocycles. The highest BCUT2D eigenvalue weighted by Crippen LogP contribution is 2.51. The van der Waals surface area contributed by atoms with E-state index in [9.17, 15) is 9.69 Å². The van der Waals surface area contributed by atoms with E-state index in [2.05, 4.69) is 4.74 Å². The van der Waals surface area contributed by atoms with Crippen molar-refractivity contribution in [3.05, 3.63) is 0 Å². The predicted molar refractivity (Wildman–Crippen MR) is 69.0 cm³/mol. The van der Waals surface area contributed by atoms with Gasteiger partial charge in [-0.25, -0.2) is 4.67 Å². The van der Waals surface area contributed by atoms with E-state index in [4.69, 9.17) is 21.6 Å². The lowest BCUT2D eigenvalue weighted by Crippen LogP contribution is -2.35. The van der Waals surface area contributed by atoms with Crippen LogP contribution in [0.3, 0.4) is 0 Å². The maximum absolute atomic E-state index is 11.5. The van der Waals surface area contributed by atoms with Gasteiger partial charge in [-0.3, -0.25) is 4.79 Å². The summed E-state index contributed by atoms with van der Waals surface area (Å²) >= 11 is 5.08. The fourth-order valence-corrected chi connectivity index (χ4v) is 4.12. The molecule has 0 saturated carbocycles. The van der Waals surface area contributed by atoms with Crippen molar-refractivity contribution in [2.24, 2.45) is 0 Å². The summed E-state index contributed by atoms with van der Waals surface area (Å²) in [6.07, 6.45) is 2.27. The van der Waals surface area contributed by atoms with Gasteiger partial charge in [-0.2, -0.15) is 5.26 Å². The van der Waals surface area contributed by atoms with Crippen LogP contribution in [0.2, 0.25) is 0 Å². The van der Waals surface area contributed by atoms with Gasteiger partial charge in [-0.15, -0.1) is 0 Å². The van der Waals surface area contributed by atoms with Crippen LogP contribution < -0.4 is 0 Å². The van der Waals surface area contributed by atoms with Gasteiger partial charge in [-0.05, 0) is 31.1 Å². The number of hydrogen-bond donors (Lipinski definition) is 1. The maximum Gasteiger partial charge on any atom is 0.323 e. The number of rotatable bonds is 6. The summed E-state index contributed by atoms with van der Waals surface area (Å²) in [5, 5.41) is 8.40. The van der Waals surface area contributed by atoms with Gasteiger partial charge in [0.25, 0.3) is 6.64 Å². The Kier molecular flexibility index (Phi) is 6.19. The number of nitrogens with zero attached hydrogens (tertiary/aromatic N) is 2. The van der Waals surface area contributed by atoms with Gasteiger partial charge < -0.3 is 14.2 Å². The first-order valence-corrected chi connectivity index (χ1v) is 8.34. The lowest BCUT2D eigenvalue weighted by molar-refractivity contribution is -0.144. The molecule has 102 valence electrons. The largest absolute Gasteiger partial charge is 0.468 e. The number of carbonyl (C=O) groups is 1. The highest BCUT2D eigenvalue weighted by Gasteiger charge is 2.40. The third kappa shape index (κ3) is 4.01. The Morgan fingerprint density at radius 1 is 1.72 bits per heavy atom. The predicted octanol–water partition coefficient (Wildman–Crippen LogP) is 1.16. The Hall–Kier alpha value is -0.510. The number of nitriles is 1. The molecular formula is C10H17N2O4PS. The van der Waals surface area contributed by atoms with Crippen molar-refractivity contribution < 1.29 is 18.9 Å². The highest BCUT2D eigenvalue weighted by molar-refractivity contribution is 8.08. The van der Waals surface area contributed by atoms with E-state index in [1.807, 2.05) is 6.07 Å². The zero-order valence-corrected chi connectivity index (χ0v) is 12.0. The smallest absolute Gasteiger partial charge is 0.323 e. The molecule has 1 saturated heterocycles. The average molecular weight is 292 g/mol. The molecule has 8 heteroatoms. The van der Waals surface area contributed by atoms with Crippen LogP contribution in [0.5, 0.6) is 0 Å². The molecule has 0 amide bonds. The van der Waals surface area contributed by atoms with Gasteiger partial charge in [0.1, 0.15) is 6.04 Å².